The molecule has 33 heavy (non-hydrogen) atoms. The van der Waals surface area contributed by atoms with Crippen molar-refractivity contribution in [3.63, 3.8) is 0 Å². The number of benzene rings is 3. The summed E-state index contributed by atoms with van der Waals surface area (Å²) < 4.78 is 35.0. The Bertz CT molecular complexity index is 1170. The molecule has 3 rings (SSSR count). The molecule has 0 saturated carbocycles. The van der Waals surface area contributed by atoms with Gasteiger partial charge in [0, 0.05) is 4.47 Å². The molecular weight excluding hydrogens is 504 g/mol. The van der Waals surface area contributed by atoms with E-state index in [1.54, 1.807) is 12.1 Å². The molecule has 0 fully saturated rings. The molecule has 1 amide bonds. The number of carbonyl (C=O) groups excluding carboxylic acids is 1. The van der Waals surface area contributed by atoms with Crippen LogP contribution in [0.5, 0.6) is 5.75 Å². The summed E-state index contributed by atoms with van der Waals surface area (Å²) in [6.07, 6.45) is 0.216. The van der Waals surface area contributed by atoms with Gasteiger partial charge in [0.1, 0.15) is 11.8 Å². The maximum Gasteiger partial charge on any atom is 0.241 e. The first-order chi connectivity index (χ1) is 15.8. The summed E-state index contributed by atoms with van der Waals surface area (Å²) in [4.78, 5) is 13.3. The van der Waals surface area contributed by atoms with Crippen molar-refractivity contribution in [2.24, 2.45) is 0 Å². The first kappa shape index (κ1) is 25.0. The summed E-state index contributed by atoms with van der Waals surface area (Å²) in [5.41, 5.74) is 1.76. The molecule has 0 radical (unpaired) electrons. The summed E-state index contributed by atoms with van der Waals surface area (Å²) in [6, 6.07) is 21.8. The van der Waals surface area contributed by atoms with Crippen LogP contribution in [0.15, 0.2) is 88.2 Å². The fourth-order valence-electron chi connectivity index (χ4n) is 3.35. The van der Waals surface area contributed by atoms with Crippen molar-refractivity contribution in [3.05, 3.63) is 94.5 Å². The van der Waals surface area contributed by atoms with Crippen molar-refractivity contribution in [1.29, 1.82) is 0 Å². The molecule has 3 aromatic carbocycles. The molecule has 174 valence electrons. The number of amides is 1. The average molecular weight is 531 g/mol. The van der Waals surface area contributed by atoms with Gasteiger partial charge in [0.2, 0.25) is 15.9 Å². The lowest BCUT2D eigenvalue weighted by atomic mass is 10.0. The second kappa shape index (κ2) is 11.4. The average Bonchev–Trinajstić information content (AvgIpc) is 2.80. The van der Waals surface area contributed by atoms with Gasteiger partial charge >= 0.3 is 0 Å². The van der Waals surface area contributed by atoms with Crippen molar-refractivity contribution in [3.8, 4) is 5.75 Å². The van der Waals surface area contributed by atoms with E-state index in [0.717, 1.165) is 15.6 Å². The number of hydrogen-bond donors (Lipinski definition) is 2. The van der Waals surface area contributed by atoms with Gasteiger partial charge in [-0.3, -0.25) is 4.79 Å². The van der Waals surface area contributed by atoms with Crippen LogP contribution in [0, 0.1) is 0 Å². The van der Waals surface area contributed by atoms with Gasteiger partial charge in [-0.05, 0) is 67.8 Å². The summed E-state index contributed by atoms with van der Waals surface area (Å²) >= 11 is 3.44. The maximum atomic E-state index is 13.2. The minimum Gasteiger partial charge on any atom is -0.494 e. The lowest BCUT2D eigenvalue weighted by Gasteiger charge is -2.22. The largest absolute Gasteiger partial charge is 0.494 e. The molecule has 0 saturated heterocycles. The Hall–Kier alpha value is -2.68. The van der Waals surface area contributed by atoms with Gasteiger partial charge in [0.15, 0.2) is 0 Å². The number of rotatable bonds is 10. The van der Waals surface area contributed by atoms with Crippen LogP contribution in [0.1, 0.15) is 31.0 Å². The number of carbonyl (C=O) groups is 1. The maximum absolute atomic E-state index is 13.2. The number of ether oxygens (including phenoxy) is 1. The van der Waals surface area contributed by atoms with E-state index in [1.807, 2.05) is 68.4 Å². The Labute approximate surface area is 203 Å². The third-order valence-corrected chi connectivity index (χ3v) is 7.03. The quantitative estimate of drug-likeness (QED) is 0.400. The molecule has 2 N–H and O–H groups in total. The van der Waals surface area contributed by atoms with Crippen molar-refractivity contribution in [2.45, 2.75) is 37.2 Å². The standard InChI is InChI=1S/C25H27BrN2O4S/c1-3-32-22-12-14-23(15-13-22)33(30,31)28-24(16-19-8-5-4-6-9-19)25(29)27-18(2)20-10-7-11-21(26)17-20/h4-15,17-18,24,28H,3,16H2,1-2H3,(H,27,29)/t18-,24-/m0/s1. The van der Waals surface area contributed by atoms with Crippen molar-refractivity contribution in [2.75, 3.05) is 6.61 Å². The van der Waals surface area contributed by atoms with E-state index < -0.39 is 22.0 Å². The fraction of sp³-hybridized carbons (Fsp3) is 0.240. The Balaban J connectivity index is 1.81. The van der Waals surface area contributed by atoms with Crippen LogP contribution in [-0.4, -0.2) is 27.0 Å². The molecule has 3 aromatic rings. The van der Waals surface area contributed by atoms with Gasteiger partial charge in [-0.25, -0.2) is 8.42 Å². The monoisotopic (exact) mass is 530 g/mol. The SMILES string of the molecule is CCOc1ccc(S(=O)(=O)N[C@@H](Cc2ccccc2)C(=O)N[C@@H](C)c2cccc(Br)c2)cc1. The van der Waals surface area contributed by atoms with Crippen LogP contribution in [0.3, 0.4) is 0 Å². The number of nitrogens with one attached hydrogen (secondary N) is 2. The number of halogens is 1. The Morgan fingerprint density at radius 2 is 1.70 bits per heavy atom. The normalized spacial score (nSPS) is 13.2. The first-order valence-electron chi connectivity index (χ1n) is 10.6. The minimum atomic E-state index is -3.94. The third-order valence-electron chi connectivity index (χ3n) is 5.05. The highest BCUT2D eigenvalue weighted by molar-refractivity contribution is 9.10. The fourth-order valence-corrected chi connectivity index (χ4v) is 4.96. The van der Waals surface area contributed by atoms with Gasteiger partial charge in [-0.2, -0.15) is 4.72 Å². The predicted molar refractivity (Wildman–Crippen MR) is 133 cm³/mol. The number of hydrogen-bond acceptors (Lipinski definition) is 4. The van der Waals surface area contributed by atoms with Gasteiger partial charge < -0.3 is 10.1 Å². The van der Waals surface area contributed by atoms with E-state index in [2.05, 4.69) is 26.0 Å². The van der Waals surface area contributed by atoms with Crippen LogP contribution >= 0.6 is 15.9 Å². The minimum absolute atomic E-state index is 0.0665. The molecule has 0 aliphatic rings. The molecule has 0 aromatic heterocycles. The molecule has 6 nitrogen and oxygen atoms in total. The van der Waals surface area contributed by atoms with Gasteiger partial charge in [-0.1, -0.05) is 58.4 Å². The second-order valence-electron chi connectivity index (χ2n) is 7.55. The van der Waals surface area contributed by atoms with Crippen LogP contribution < -0.4 is 14.8 Å². The van der Waals surface area contributed by atoms with Crippen LogP contribution in [0.4, 0.5) is 0 Å². The highest BCUT2D eigenvalue weighted by Gasteiger charge is 2.27. The van der Waals surface area contributed by atoms with E-state index in [4.69, 9.17) is 4.74 Å². The molecule has 0 aliphatic carbocycles. The lowest BCUT2D eigenvalue weighted by Crippen LogP contribution is -2.48. The predicted octanol–water partition coefficient (Wildman–Crippen LogP) is 4.61. The second-order valence-corrected chi connectivity index (χ2v) is 10.2. The van der Waals surface area contributed by atoms with E-state index in [1.165, 1.54) is 12.1 Å². The Kier molecular flexibility index (Phi) is 8.66. The smallest absolute Gasteiger partial charge is 0.241 e. The van der Waals surface area contributed by atoms with Crippen LogP contribution in [-0.2, 0) is 21.2 Å². The highest BCUT2D eigenvalue weighted by Crippen LogP contribution is 2.19. The summed E-state index contributed by atoms with van der Waals surface area (Å²) in [6.45, 7) is 4.20. The van der Waals surface area contributed by atoms with E-state index >= 15 is 0 Å². The van der Waals surface area contributed by atoms with Gasteiger partial charge in [-0.15, -0.1) is 0 Å². The summed E-state index contributed by atoms with van der Waals surface area (Å²) in [5.74, 6) is 0.179. The van der Waals surface area contributed by atoms with Crippen LogP contribution in [0.25, 0.3) is 0 Å². The zero-order valence-corrected chi connectivity index (χ0v) is 20.9. The summed E-state index contributed by atoms with van der Waals surface area (Å²) in [7, 11) is -3.94. The summed E-state index contributed by atoms with van der Waals surface area (Å²) in [5, 5.41) is 2.94. The van der Waals surface area contributed by atoms with E-state index in [-0.39, 0.29) is 17.4 Å². The third kappa shape index (κ3) is 7.15. The zero-order valence-electron chi connectivity index (χ0n) is 18.5. The number of sulfonamides is 1. The molecule has 2 atom stereocenters. The van der Waals surface area contributed by atoms with E-state index in [9.17, 15) is 13.2 Å². The highest BCUT2D eigenvalue weighted by atomic mass is 79.9. The van der Waals surface area contributed by atoms with Crippen molar-refractivity contribution in [1.82, 2.24) is 10.0 Å². The lowest BCUT2D eigenvalue weighted by molar-refractivity contribution is -0.123. The van der Waals surface area contributed by atoms with Gasteiger partial charge in [0.25, 0.3) is 0 Å². The Morgan fingerprint density at radius 3 is 2.33 bits per heavy atom. The first-order valence-corrected chi connectivity index (χ1v) is 12.9. The van der Waals surface area contributed by atoms with Gasteiger partial charge in [0.05, 0.1) is 17.5 Å². The molecule has 8 heteroatoms. The molecule has 0 aliphatic heterocycles. The molecule has 0 spiro atoms. The van der Waals surface area contributed by atoms with Crippen LogP contribution in [0.2, 0.25) is 0 Å². The molecular formula is C25H27BrN2O4S. The molecule has 0 heterocycles. The van der Waals surface area contributed by atoms with Crippen molar-refractivity contribution < 1.29 is 17.9 Å². The Morgan fingerprint density at radius 1 is 1.00 bits per heavy atom. The molecule has 0 bridgehead atoms. The topological polar surface area (TPSA) is 84.5 Å². The zero-order chi connectivity index (χ0) is 23.8. The van der Waals surface area contributed by atoms with E-state index in [0.29, 0.717) is 12.4 Å². The van der Waals surface area contributed by atoms with Crippen molar-refractivity contribution >= 4 is 31.9 Å². The molecule has 0 unspecified atom stereocenters.